The summed E-state index contributed by atoms with van der Waals surface area (Å²) in [5, 5.41) is 13.9. The van der Waals surface area contributed by atoms with Crippen molar-refractivity contribution in [2.75, 3.05) is 0 Å². The Balaban J connectivity index is 1.90. The maximum absolute atomic E-state index is 11.6. The number of hydrogen-bond acceptors (Lipinski definition) is 2. The third-order valence-corrected chi connectivity index (χ3v) is 4.28. The summed E-state index contributed by atoms with van der Waals surface area (Å²) in [5.41, 5.74) is 5.02. The molecule has 24 heavy (non-hydrogen) atoms. The summed E-state index contributed by atoms with van der Waals surface area (Å²) in [6, 6.07) is 19.8. The molecule has 1 aliphatic rings. The zero-order valence-electron chi connectivity index (χ0n) is 13.0. The van der Waals surface area contributed by atoms with E-state index < -0.39 is 5.97 Å². The third kappa shape index (κ3) is 2.42. The summed E-state index contributed by atoms with van der Waals surface area (Å²) >= 11 is 0. The lowest BCUT2D eigenvalue weighted by Gasteiger charge is -2.07. The van der Waals surface area contributed by atoms with Crippen LogP contribution in [0.3, 0.4) is 0 Å². The van der Waals surface area contributed by atoms with E-state index in [1.807, 2.05) is 60.7 Å². The molecule has 4 rings (SSSR count). The quantitative estimate of drug-likeness (QED) is 0.793. The van der Waals surface area contributed by atoms with Gasteiger partial charge in [-0.1, -0.05) is 48.5 Å². The molecule has 0 amide bonds. The molecule has 2 aromatic carbocycles. The molecule has 4 nitrogen and oxygen atoms in total. The number of hydrogen-bond donors (Lipinski definition) is 1. The Morgan fingerprint density at radius 1 is 1.00 bits per heavy atom. The highest BCUT2D eigenvalue weighted by Gasteiger charge is 2.29. The van der Waals surface area contributed by atoms with Crippen LogP contribution in [0.15, 0.2) is 60.7 Å². The largest absolute Gasteiger partial charge is 0.476 e. The van der Waals surface area contributed by atoms with Crippen LogP contribution < -0.4 is 0 Å². The summed E-state index contributed by atoms with van der Waals surface area (Å²) in [5.74, 6) is -0.970. The lowest BCUT2D eigenvalue weighted by molar-refractivity contribution is 0.0689. The minimum atomic E-state index is -0.970. The van der Waals surface area contributed by atoms with E-state index in [1.165, 1.54) is 0 Å². The molecule has 0 saturated heterocycles. The first kappa shape index (κ1) is 14.5. The smallest absolute Gasteiger partial charge is 0.356 e. The highest BCUT2D eigenvalue weighted by molar-refractivity contribution is 5.93. The highest BCUT2D eigenvalue weighted by atomic mass is 16.4. The van der Waals surface area contributed by atoms with Crippen molar-refractivity contribution >= 4 is 17.6 Å². The molecule has 1 N–H and O–H groups in total. The number of aromatic nitrogens is 2. The standard InChI is InChI=1S/C20H16N2O2/c23-20(24)18-17-12-11-15(13-14-7-3-1-4-8-14)19(17)22(21-18)16-9-5-2-6-10-16/h1-10,13H,11-12H2,(H,23,24). The number of benzene rings is 2. The van der Waals surface area contributed by atoms with Gasteiger partial charge in [-0.15, -0.1) is 0 Å². The van der Waals surface area contributed by atoms with Crippen LogP contribution in [-0.2, 0) is 6.42 Å². The van der Waals surface area contributed by atoms with Gasteiger partial charge in [-0.05, 0) is 42.2 Å². The van der Waals surface area contributed by atoms with Crippen molar-refractivity contribution in [2.45, 2.75) is 12.8 Å². The molecule has 1 aliphatic carbocycles. The maximum Gasteiger partial charge on any atom is 0.356 e. The van der Waals surface area contributed by atoms with Crippen LogP contribution in [-0.4, -0.2) is 20.9 Å². The molecular weight excluding hydrogens is 300 g/mol. The SMILES string of the molecule is O=C(O)c1nn(-c2ccccc2)c2c1CCC2=Cc1ccccc1. The van der Waals surface area contributed by atoms with Crippen LogP contribution in [0.2, 0.25) is 0 Å². The number of carbonyl (C=O) groups is 1. The minimum Gasteiger partial charge on any atom is -0.476 e. The Hall–Kier alpha value is -3.14. The first-order valence-corrected chi connectivity index (χ1v) is 7.90. The molecular formula is C20H16N2O2. The monoisotopic (exact) mass is 316 g/mol. The van der Waals surface area contributed by atoms with Crippen molar-refractivity contribution in [1.82, 2.24) is 9.78 Å². The number of para-hydroxylation sites is 1. The van der Waals surface area contributed by atoms with Crippen molar-refractivity contribution in [3.63, 3.8) is 0 Å². The molecule has 118 valence electrons. The average Bonchev–Trinajstić information content (AvgIpc) is 3.18. The van der Waals surface area contributed by atoms with E-state index in [4.69, 9.17) is 0 Å². The van der Waals surface area contributed by atoms with E-state index in [0.717, 1.165) is 34.5 Å². The van der Waals surface area contributed by atoms with E-state index in [-0.39, 0.29) is 5.69 Å². The molecule has 0 unspecified atom stereocenters. The summed E-state index contributed by atoms with van der Waals surface area (Å²) in [7, 11) is 0. The highest BCUT2D eigenvalue weighted by Crippen LogP contribution is 2.37. The fourth-order valence-corrected chi connectivity index (χ4v) is 3.21. The van der Waals surface area contributed by atoms with E-state index in [2.05, 4.69) is 11.2 Å². The molecule has 3 aromatic rings. The number of allylic oxidation sites excluding steroid dienone is 1. The fraction of sp³-hybridized carbons (Fsp3) is 0.100. The molecule has 0 bridgehead atoms. The van der Waals surface area contributed by atoms with E-state index in [1.54, 1.807) is 4.68 Å². The first-order chi connectivity index (χ1) is 11.7. The number of carboxylic acid groups (broad SMARTS) is 1. The van der Waals surface area contributed by atoms with E-state index in [9.17, 15) is 9.90 Å². The Morgan fingerprint density at radius 2 is 1.67 bits per heavy atom. The average molecular weight is 316 g/mol. The molecule has 0 fully saturated rings. The summed E-state index contributed by atoms with van der Waals surface area (Å²) in [6.45, 7) is 0. The normalized spacial score (nSPS) is 14.8. The van der Waals surface area contributed by atoms with Gasteiger partial charge in [-0.25, -0.2) is 9.48 Å². The third-order valence-electron chi connectivity index (χ3n) is 4.28. The molecule has 0 saturated carbocycles. The predicted molar refractivity (Wildman–Crippen MR) is 93.2 cm³/mol. The molecule has 4 heteroatoms. The zero-order chi connectivity index (χ0) is 16.5. The summed E-state index contributed by atoms with van der Waals surface area (Å²) < 4.78 is 1.76. The van der Waals surface area contributed by atoms with Crippen molar-refractivity contribution in [2.24, 2.45) is 0 Å². The Bertz CT molecular complexity index is 925. The lowest BCUT2D eigenvalue weighted by Crippen LogP contribution is -2.04. The molecule has 0 aliphatic heterocycles. The van der Waals surface area contributed by atoms with Gasteiger partial charge in [-0.2, -0.15) is 5.10 Å². The molecule has 1 aromatic heterocycles. The number of carboxylic acids is 1. The fourth-order valence-electron chi connectivity index (χ4n) is 3.21. The maximum atomic E-state index is 11.6. The van der Waals surface area contributed by atoms with Crippen molar-refractivity contribution in [3.05, 3.63) is 83.2 Å². The van der Waals surface area contributed by atoms with E-state index >= 15 is 0 Å². The zero-order valence-corrected chi connectivity index (χ0v) is 13.0. The number of aromatic carboxylic acids is 1. The number of fused-ring (bicyclic) bond motifs is 1. The van der Waals surface area contributed by atoms with Crippen LogP contribution in [0.4, 0.5) is 0 Å². The molecule has 0 radical (unpaired) electrons. The van der Waals surface area contributed by atoms with Gasteiger partial charge < -0.3 is 5.11 Å². The van der Waals surface area contributed by atoms with Gasteiger partial charge in [0.25, 0.3) is 0 Å². The number of nitrogens with zero attached hydrogens (tertiary/aromatic N) is 2. The van der Waals surface area contributed by atoms with Crippen LogP contribution in [0.25, 0.3) is 17.3 Å². The topological polar surface area (TPSA) is 55.1 Å². The van der Waals surface area contributed by atoms with Crippen LogP contribution >= 0.6 is 0 Å². The molecule has 1 heterocycles. The summed E-state index contributed by atoms with van der Waals surface area (Å²) in [4.78, 5) is 11.6. The van der Waals surface area contributed by atoms with Crippen molar-refractivity contribution in [3.8, 4) is 5.69 Å². The predicted octanol–water partition coefficient (Wildman–Crippen LogP) is 4.06. The molecule has 0 atom stereocenters. The van der Waals surface area contributed by atoms with E-state index in [0.29, 0.717) is 6.42 Å². The Morgan fingerprint density at radius 3 is 2.33 bits per heavy atom. The Kier molecular flexibility index (Phi) is 3.50. The minimum absolute atomic E-state index is 0.158. The van der Waals surface area contributed by atoms with Gasteiger partial charge in [0.15, 0.2) is 5.69 Å². The number of rotatable bonds is 3. The van der Waals surface area contributed by atoms with Crippen molar-refractivity contribution < 1.29 is 9.90 Å². The second-order valence-corrected chi connectivity index (χ2v) is 5.81. The van der Waals surface area contributed by atoms with Crippen molar-refractivity contribution in [1.29, 1.82) is 0 Å². The lowest BCUT2D eigenvalue weighted by atomic mass is 10.1. The van der Waals surface area contributed by atoms with Crippen LogP contribution in [0, 0.1) is 0 Å². The van der Waals surface area contributed by atoms with Gasteiger partial charge in [-0.3, -0.25) is 0 Å². The second-order valence-electron chi connectivity index (χ2n) is 5.81. The summed E-state index contributed by atoms with van der Waals surface area (Å²) in [6.07, 6.45) is 3.66. The van der Waals surface area contributed by atoms with Gasteiger partial charge >= 0.3 is 5.97 Å². The first-order valence-electron chi connectivity index (χ1n) is 7.90. The van der Waals surface area contributed by atoms with Gasteiger partial charge in [0.05, 0.1) is 11.4 Å². The Labute approximate surface area is 139 Å². The van der Waals surface area contributed by atoms with Crippen LogP contribution in [0.5, 0.6) is 0 Å². The molecule has 0 spiro atoms. The van der Waals surface area contributed by atoms with Crippen LogP contribution in [0.1, 0.15) is 33.7 Å². The van der Waals surface area contributed by atoms with Gasteiger partial charge in [0.1, 0.15) is 0 Å². The van der Waals surface area contributed by atoms with Gasteiger partial charge in [0, 0.05) is 5.56 Å². The van der Waals surface area contributed by atoms with Gasteiger partial charge in [0.2, 0.25) is 0 Å². The second kappa shape index (κ2) is 5.81.